The Balaban J connectivity index is 2.79. The smallest absolute Gasteiger partial charge is 0.0369 e. The first kappa shape index (κ1) is 14.0. The molecule has 2 nitrogen and oxygen atoms in total. The van der Waals surface area contributed by atoms with Crippen molar-refractivity contribution in [1.29, 1.82) is 0 Å². The summed E-state index contributed by atoms with van der Waals surface area (Å²) in [6.45, 7) is 11.7. The Kier molecular flexibility index (Phi) is 4.21. The fourth-order valence-electron chi connectivity index (χ4n) is 1.85. The number of benzene rings is 1. The molecule has 0 saturated heterocycles. The molecule has 0 spiro atoms. The van der Waals surface area contributed by atoms with Crippen molar-refractivity contribution in [3.8, 4) is 0 Å². The van der Waals surface area contributed by atoms with E-state index in [1.807, 2.05) is 0 Å². The van der Waals surface area contributed by atoms with Crippen molar-refractivity contribution in [2.24, 2.45) is 11.1 Å². The first-order valence-corrected chi connectivity index (χ1v) is 6.25. The van der Waals surface area contributed by atoms with Crippen molar-refractivity contribution in [2.45, 2.75) is 40.7 Å². The number of hydrogen-bond donors (Lipinski definition) is 1. The van der Waals surface area contributed by atoms with E-state index < -0.39 is 0 Å². The molecule has 17 heavy (non-hydrogen) atoms. The van der Waals surface area contributed by atoms with Crippen molar-refractivity contribution in [2.75, 3.05) is 18.5 Å². The van der Waals surface area contributed by atoms with Crippen LogP contribution in [0.3, 0.4) is 0 Å². The molecule has 1 atom stereocenters. The lowest BCUT2D eigenvalue weighted by Crippen LogP contribution is -2.44. The van der Waals surface area contributed by atoms with E-state index in [1.165, 1.54) is 16.8 Å². The molecular formula is C15H26N2. The first-order valence-electron chi connectivity index (χ1n) is 6.25. The summed E-state index contributed by atoms with van der Waals surface area (Å²) in [6, 6.07) is 6.79. The van der Waals surface area contributed by atoms with Gasteiger partial charge in [-0.1, -0.05) is 26.8 Å². The lowest BCUT2D eigenvalue weighted by Gasteiger charge is -2.32. The van der Waals surface area contributed by atoms with E-state index in [4.69, 9.17) is 5.73 Å². The van der Waals surface area contributed by atoms with Crippen LogP contribution < -0.4 is 10.6 Å². The summed E-state index contributed by atoms with van der Waals surface area (Å²) in [7, 11) is 2.11. The molecule has 0 fully saturated rings. The van der Waals surface area contributed by atoms with Crippen LogP contribution in [0.15, 0.2) is 18.2 Å². The molecule has 0 amide bonds. The summed E-state index contributed by atoms with van der Waals surface area (Å²) >= 11 is 0. The van der Waals surface area contributed by atoms with Gasteiger partial charge in [0.15, 0.2) is 0 Å². The lowest BCUT2D eigenvalue weighted by atomic mass is 9.87. The van der Waals surface area contributed by atoms with Crippen molar-refractivity contribution >= 4 is 5.69 Å². The number of aryl methyl sites for hydroxylation is 2. The SMILES string of the molecule is Cc1cc(C)cc(N(C)CC(N)C(C)(C)C)c1. The van der Waals surface area contributed by atoms with Crippen LogP contribution in [0.5, 0.6) is 0 Å². The standard InChI is InChI=1S/C15H26N2/c1-11-7-12(2)9-13(8-11)17(6)10-14(16)15(3,4)5/h7-9,14H,10,16H2,1-6H3. The van der Waals surface area contributed by atoms with Gasteiger partial charge in [0.1, 0.15) is 0 Å². The zero-order valence-corrected chi connectivity index (χ0v) is 12.0. The molecule has 1 rings (SSSR count). The molecule has 1 aromatic carbocycles. The Bertz CT molecular complexity index is 357. The van der Waals surface area contributed by atoms with E-state index >= 15 is 0 Å². The van der Waals surface area contributed by atoms with Gasteiger partial charge in [0.05, 0.1) is 0 Å². The third-order valence-electron chi connectivity index (χ3n) is 3.23. The Morgan fingerprint density at radius 1 is 1.12 bits per heavy atom. The van der Waals surface area contributed by atoms with E-state index in [-0.39, 0.29) is 11.5 Å². The minimum atomic E-state index is 0.146. The van der Waals surface area contributed by atoms with Gasteiger partial charge in [0.2, 0.25) is 0 Å². The molecule has 0 aromatic heterocycles. The van der Waals surface area contributed by atoms with Crippen molar-refractivity contribution in [1.82, 2.24) is 0 Å². The maximum atomic E-state index is 6.22. The Morgan fingerprint density at radius 2 is 1.59 bits per heavy atom. The highest BCUT2D eigenvalue weighted by Crippen LogP contribution is 2.22. The van der Waals surface area contributed by atoms with Crippen LogP contribution >= 0.6 is 0 Å². The molecule has 0 saturated carbocycles. The van der Waals surface area contributed by atoms with E-state index in [1.54, 1.807) is 0 Å². The number of anilines is 1. The Morgan fingerprint density at radius 3 is 2.00 bits per heavy atom. The molecule has 2 N–H and O–H groups in total. The molecular weight excluding hydrogens is 208 g/mol. The van der Waals surface area contributed by atoms with Gasteiger partial charge < -0.3 is 10.6 Å². The molecule has 0 heterocycles. The lowest BCUT2D eigenvalue weighted by molar-refractivity contribution is 0.323. The fraction of sp³-hybridized carbons (Fsp3) is 0.600. The molecule has 0 aliphatic rings. The summed E-state index contributed by atoms with van der Waals surface area (Å²) < 4.78 is 0. The minimum Gasteiger partial charge on any atom is -0.373 e. The summed E-state index contributed by atoms with van der Waals surface area (Å²) in [6.07, 6.45) is 0. The van der Waals surface area contributed by atoms with Gasteiger partial charge >= 0.3 is 0 Å². The number of likely N-dealkylation sites (N-methyl/N-ethyl adjacent to an activating group) is 1. The predicted octanol–water partition coefficient (Wildman–Crippen LogP) is 3.11. The van der Waals surface area contributed by atoms with Crippen molar-refractivity contribution in [3.05, 3.63) is 29.3 Å². The van der Waals surface area contributed by atoms with Crippen LogP contribution in [-0.4, -0.2) is 19.6 Å². The molecule has 2 heteroatoms. The highest BCUT2D eigenvalue weighted by molar-refractivity contribution is 5.50. The second-order valence-corrected chi connectivity index (χ2v) is 6.20. The van der Waals surface area contributed by atoms with Crippen LogP contribution in [-0.2, 0) is 0 Å². The van der Waals surface area contributed by atoms with Crippen LogP contribution in [0.25, 0.3) is 0 Å². The molecule has 0 radical (unpaired) electrons. The highest BCUT2D eigenvalue weighted by Gasteiger charge is 2.22. The van der Waals surface area contributed by atoms with Crippen LogP contribution in [0.4, 0.5) is 5.69 Å². The average molecular weight is 234 g/mol. The second kappa shape index (κ2) is 5.09. The van der Waals surface area contributed by atoms with E-state index in [9.17, 15) is 0 Å². The molecule has 1 unspecified atom stereocenters. The van der Waals surface area contributed by atoms with E-state index in [0.29, 0.717) is 0 Å². The zero-order valence-electron chi connectivity index (χ0n) is 12.0. The van der Waals surface area contributed by atoms with Gasteiger partial charge in [-0.2, -0.15) is 0 Å². The summed E-state index contributed by atoms with van der Waals surface area (Å²) in [5.74, 6) is 0. The van der Waals surface area contributed by atoms with Gasteiger partial charge in [-0.15, -0.1) is 0 Å². The zero-order chi connectivity index (χ0) is 13.2. The molecule has 0 bridgehead atoms. The van der Waals surface area contributed by atoms with Crippen LogP contribution in [0.2, 0.25) is 0 Å². The largest absolute Gasteiger partial charge is 0.373 e. The normalized spacial score (nSPS) is 13.6. The Hall–Kier alpha value is -1.02. The van der Waals surface area contributed by atoms with E-state index in [2.05, 4.69) is 64.8 Å². The van der Waals surface area contributed by atoms with Crippen LogP contribution in [0, 0.1) is 19.3 Å². The summed E-state index contributed by atoms with van der Waals surface area (Å²) in [4.78, 5) is 2.25. The van der Waals surface area contributed by atoms with Gasteiger partial charge in [-0.05, 0) is 42.5 Å². The van der Waals surface area contributed by atoms with Gasteiger partial charge in [-0.3, -0.25) is 0 Å². The molecule has 1 aromatic rings. The maximum Gasteiger partial charge on any atom is 0.0369 e. The van der Waals surface area contributed by atoms with E-state index in [0.717, 1.165) is 6.54 Å². The van der Waals surface area contributed by atoms with Crippen molar-refractivity contribution < 1.29 is 0 Å². The number of rotatable bonds is 3. The third-order valence-corrected chi connectivity index (χ3v) is 3.23. The monoisotopic (exact) mass is 234 g/mol. The fourth-order valence-corrected chi connectivity index (χ4v) is 1.85. The highest BCUT2D eigenvalue weighted by atomic mass is 15.1. The summed E-state index contributed by atoms with van der Waals surface area (Å²) in [5.41, 5.74) is 10.2. The van der Waals surface area contributed by atoms with Crippen molar-refractivity contribution in [3.63, 3.8) is 0 Å². The van der Waals surface area contributed by atoms with Gasteiger partial charge in [0.25, 0.3) is 0 Å². The topological polar surface area (TPSA) is 29.3 Å². The Labute approximate surface area is 106 Å². The average Bonchev–Trinajstić information content (AvgIpc) is 2.14. The quantitative estimate of drug-likeness (QED) is 0.870. The van der Waals surface area contributed by atoms with Gasteiger partial charge in [0, 0.05) is 25.3 Å². The molecule has 0 aliphatic heterocycles. The van der Waals surface area contributed by atoms with Crippen LogP contribution in [0.1, 0.15) is 31.9 Å². The number of nitrogens with two attached hydrogens (primary N) is 1. The molecule has 96 valence electrons. The first-order chi connectivity index (χ1) is 7.70. The number of nitrogens with zero attached hydrogens (tertiary/aromatic N) is 1. The minimum absolute atomic E-state index is 0.146. The predicted molar refractivity (Wildman–Crippen MR) is 76.6 cm³/mol. The number of hydrogen-bond acceptors (Lipinski definition) is 2. The summed E-state index contributed by atoms with van der Waals surface area (Å²) in [5, 5.41) is 0. The second-order valence-electron chi connectivity index (χ2n) is 6.20. The van der Waals surface area contributed by atoms with Gasteiger partial charge in [-0.25, -0.2) is 0 Å². The molecule has 0 aliphatic carbocycles. The third kappa shape index (κ3) is 4.04. The maximum absolute atomic E-state index is 6.22.